The Bertz CT molecular complexity index is 2470. The number of para-hydroxylation sites is 1. The van der Waals surface area contributed by atoms with E-state index >= 15 is 0 Å². The second-order valence-corrected chi connectivity index (χ2v) is 18.3. The van der Waals surface area contributed by atoms with E-state index < -0.39 is 140 Å². The van der Waals surface area contributed by atoms with Crippen LogP contribution in [-0.4, -0.2) is 183 Å². The number of carbonyl (C=O) groups excluding carboxylic acids is 1. The summed E-state index contributed by atoms with van der Waals surface area (Å²) < 4.78 is 43.1. The highest BCUT2D eigenvalue weighted by atomic mass is 32.2. The predicted octanol–water partition coefficient (Wildman–Crippen LogP) is -0.882. The summed E-state index contributed by atoms with van der Waals surface area (Å²) in [5.74, 6) is -4.68. The molecule has 18 atom stereocenters. The molecule has 0 bridgehead atoms. The minimum atomic E-state index is -2.06. The Labute approximate surface area is 401 Å². The Morgan fingerprint density at radius 3 is 1.83 bits per heavy atom. The van der Waals surface area contributed by atoms with Crippen molar-refractivity contribution in [3.63, 3.8) is 0 Å². The van der Waals surface area contributed by atoms with Crippen LogP contribution in [0.4, 0.5) is 10.1 Å². The van der Waals surface area contributed by atoms with Gasteiger partial charge in [-0.1, -0.05) is 66.7 Å². The summed E-state index contributed by atoms with van der Waals surface area (Å²) in [4.78, 5) is 39.9. The smallest absolute Gasteiger partial charge is 0.335 e. The number of halogens is 1. The first-order chi connectivity index (χ1) is 33.4. The van der Waals surface area contributed by atoms with E-state index in [4.69, 9.17) is 23.7 Å². The molecule has 12 N–H and O–H groups in total. The van der Waals surface area contributed by atoms with Crippen molar-refractivity contribution < 1.29 is 104 Å². The number of ether oxygens (including phenoxy) is 5. The summed E-state index contributed by atoms with van der Waals surface area (Å²) in [6, 6.07) is 23.4. The number of amides is 1. The lowest BCUT2D eigenvalue weighted by molar-refractivity contribution is -0.303. The van der Waals surface area contributed by atoms with Crippen LogP contribution in [0.25, 0.3) is 11.1 Å². The van der Waals surface area contributed by atoms with Gasteiger partial charge in [0.2, 0.25) is 12.2 Å². The molecule has 4 fully saturated rings. The number of carbonyl (C=O) groups is 3. The van der Waals surface area contributed by atoms with E-state index in [-0.39, 0.29) is 22.6 Å². The zero-order chi connectivity index (χ0) is 50.3. The summed E-state index contributed by atoms with van der Waals surface area (Å²) >= 11 is 1.01. The third-order valence-electron chi connectivity index (χ3n) is 12.7. The minimum absolute atomic E-state index is 0.103. The van der Waals surface area contributed by atoms with Crippen LogP contribution in [0.1, 0.15) is 34.9 Å². The molecule has 4 saturated heterocycles. The number of carboxylic acids is 2. The van der Waals surface area contributed by atoms with Gasteiger partial charge in [0.15, 0.2) is 18.5 Å². The molecular formula is C47H50FNO20S. The number of carboxylic acid groups (broad SMARTS) is 2. The SMILES string of the molecule is O=C(O)C1O[C@@H](Oc2cc(-c3ccc(C4O[C@H](CO)[C@@H](O)[C@H](O)[C@H]4O)cc3)ccc2[C@@H]2[C@@H](SC[C@H](O[C@@H]3OC(C(=O)O)[C@H](O)[C@H](O)C3O)c3ccc(F)cc3)C(=O)N2c2ccccc2)C(O)C(O)C1O. The first-order valence-corrected chi connectivity index (χ1v) is 22.9. The Morgan fingerprint density at radius 1 is 0.657 bits per heavy atom. The number of anilines is 1. The van der Waals surface area contributed by atoms with Gasteiger partial charge in [-0.15, -0.1) is 11.8 Å². The first kappa shape index (κ1) is 51.2. The predicted molar refractivity (Wildman–Crippen MR) is 237 cm³/mol. The second-order valence-electron chi connectivity index (χ2n) is 17.1. The van der Waals surface area contributed by atoms with Gasteiger partial charge < -0.3 is 89.9 Å². The largest absolute Gasteiger partial charge is 0.479 e. The topological polar surface area (TPSA) is 343 Å². The number of thioether (sulfide) groups is 1. The van der Waals surface area contributed by atoms with Crippen molar-refractivity contribution in [2.45, 2.75) is 109 Å². The molecule has 8 rings (SSSR count). The molecule has 376 valence electrons. The van der Waals surface area contributed by atoms with E-state index in [1.807, 2.05) is 0 Å². The number of aliphatic hydroxyl groups is 10. The maximum Gasteiger partial charge on any atom is 0.335 e. The van der Waals surface area contributed by atoms with E-state index in [2.05, 4.69) is 0 Å². The van der Waals surface area contributed by atoms with Gasteiger partial charge in [-0.3, -0.25) is 4.79 Å². The highest BCUT2D eigenvalue weighted by Gasteiger charge is 2.53. The van der Waals surface area contributed by atoms with Crippen molar-refractivity contribution in [2.24, 2.45) is 0 Å². The average molecular weight is 1000 g/mol. The zero-order valence-corrected chi connectivity index (χ0v) is 37.2. The maximum atomic E-state index is 14.4. The first-order valence-electron chi connectivity index (χ1n) is 21.9. The number of rotatable bonds is 15. The summed E-state index contributed by atoms with van der Waals surface area (Å²) in [6.07, 6.45) is -28.2. The highest BCUT2D eigenvalue weighted by molar-refractivity contribution is 8.00. The summed E-state index contributed by atoms with van der Waals surface area (Å²) in [7, 11) is 0. The van der Waals surface area contributed by atoms with Gasteiger partial charge in [-0.05, 0) is 52.6 Å². The van der Waals surface area contributed by atoms with E-state index in [1.54, 1.807) is 66.7 Å². The fourth-order valence-corrected chi connectivity index (χ4v) is 10.1. The molecule has 0 radical (unpaired) electrons. The lowest BCUT2D eigenvalue weighted by Gasteiger charge is -2.48. The van der Waals surface area contributed by atoms with Crippen molar-refractivity contribution >= 4 is 35.3 Å². The number of hydrogen-bond donors (Lipinski definition) is 12. The Morgan fingerprint density at radius 2 is 1.23 bits per heavy atom. The van der Waals surface area contributed by atoms with Crippen LogP contribution in [0.3, 0.4) is 0 Å². The lowest BCUT2D eigenvalue weighted by Crippen LogP contribution is -2.61. The van der Waals surface area contributed by atoms with Crippen LogP contribution in [-0.2, 0) is 33.3 Å². The Kier molecular flexibility index (Phi) is 15.5. The van der Waals surface area contributed by atoms with Gasteiger partial charge in [-0.2, -0.15) is 0 Å². The fraction of sp³-hybridized carbons (Fsp3) is 0.426. The molecule has 0 spiro atoms. The fourth-order valence-electron chi connectivity index (χ4n) is 8.79. The van der Waals surface area contributed by atoms with Crippen LogP contribution in [0.2, 0.25) is 0 Å². The molecule has 70 heavy (non-hydrogen) atoms. The van der Waals surface area contributed by atoms with E-state index in [0.717, 1.165) is 23.9 Å². The average Bonchev–Trinajstić information content (AvgIpc) is 3.35. The number of benzene rings is 4. The third-order valence-corrected chi connectivity index (χ3v) is 14.0. The second kappa shape index (κ2) is 21.3. The van der Waals surface area contributed by atoms with Crippen LogP contribution in [0.5, 0.6) is 5.75 Å². The lowest BCUT2D eigenvalue weighted by atomic mass is 9.89. The maximum absolute atomic E-state index is 14.4. The number of nitrogens with zero attached hydrogens (tertiary/aromatic N) is 1. The third kappa shape index (κ3) is 10.0. The molecule has 23 heteroatoms. The van der Waals surface area contributed by atoms with E-state index in [1.165, 1.54) is 23.1 Å². The van der Waals surface area contributed by atoms with Gasteiger partial charge in [0.1, 0.15) is 84.0 Å². The van der Waals surface area contributed by atoms with Gasteiger partial charge >= 0.3 is 11.9 Å². The zero-order valence-electron chi connectivity index (χ0n) is 36.4. The molecule has 4 aromatic carbocycles. The standard InChI is InChI=1S/C47H50FNO20S/c48-23-13-10-20(11-14-23)28(67-47-38(59)33(54)36(57)41(69-47)45(63)64)18-70-42-29(49(43(42)60)24-4-2-1-3-5-24)25-15-12-22(16-26(25)66-46-37(58)32(53)35(56)40(68-46)44(61)62)19-6-8-21(9-7-19)39-34(55)31(52)30(51)27(17-50)65-39/h1-16,27-42,46-47,50-59H,17-18H2,(H,61,62)(H,63,64)/t27-,28+,29-,30-,31+,32?,33+,34-,35?,36-,37?,38?,39?,40?,41?,42-,46-,47-/m1/s1. The van der Waals surface area contributed by atoms with Gasteiger partial charge in [-0.25, -0.2) is 14.0 Å². The van der Waals surface area contributed by atoms with E-state index in [0.29, 0.717) is 22.4 Å². The number of aliphatic hydroxyl groups excluding tert-OH is 10. The molecule has 4 aliphatic rings. The Hall–Kier alpha value is -5.19. The quantitative estimate of drug-likeness (QED) is 0.0643. The van der Waals surface area contributed by atoms with Crippen molar-refractivity contribution in [3.05, 3.63) is 120 Å². The van der Waals surface area contributed by atoms with Crippen LogP contribution in [0.15, 0.2) is 97.1 Å². The molecule has 4 heterocycles. The Balaban J connectivity index is 1.16. The van der Waals surface area contributed by atoms with Gasteiger partial charge in [0.25, 0.3) is 0 Å². The summed E-state index contributed by atoms with van der Waals surface area (Å²) in [5.41, 5.74) is 2.24. The normalized spacial score (nSPS) is 34.9. The molecule has 0 aromatic heterocycles. The van der Waals surface area contributed by atoms with Crippen molar-refractivity contribution in [3.8, 4) is 16.9 Å². The van der Waals surface area contributed by atoms with Gasteiger partial charge in [0, 0.05) is 17.0 Å². The molecule has 1 amide bonds. The minimum Gasteiger partial charge on any atom is -0.479 e. The van der Waals surface area contributed by atoms with E-state index in [9.17, 15) is 80.1 Å². The molecule has 21 nitrogen and oxygen atoms in total. The van der Waals surface area contributed by atoms with Crippen LogP contribution < -0.4 is 9.64 Å². The highest BCUT2D eigenvalue weighted by Crippen LogP contribution is 2.50. The van der Waals surface area contributed by atoms with Crippen molar-refractivity contribution in [2.75, 3.05) is 17.3 Å². The number of β-lactam (4-membered cyclic amide) rings is 1. The monoisotopic (exact) mass is 999 g/mol. The number of aliphatic carboxylic acids is 2. The molecule has 4 aliphatic heterocycles. The summed E-state index contributed by atoms with van der Waals surface area (Å²) in [6.45, 7) is -0.640. The van der Waals surface area contributed by atoms with Crippen molar-refractivity contribution in [1.82, 2.24) is 0 Å². The van der Waals surface area contributed by atoms with Crippen molar-refractivity contribution in [1.29, 1.82) is 0 Å². The molecule has 0 aliphatic carbocycles. The molecule has 7 unspecified atom stereocenters. The van der Waals surface area contributed by atoms with Crippen LogP contribution >= 0.6 is 11.8 Å². The molecule has 4 aromatic rings. The van der Waals surface area contributed by atoms with Crippen LogP contribution in [0, 0.1) is 5.82 Å². The number of hydrogen-bond acceptors (Lipinski definition) is 19. The van der Waals surface area contributed by atoms with Gasteiger partial charge in [0.05, 0.1) is 18.8 Å². The summed E-state index contributed by atoms with van der Waals surface area (Å²) in [5, 5.41) is 124. The molecule has 0 saturated carbocycles. The molecular weight excluding hydrogens is 950 g/mol.